The number of amides is 1. The highest BCUT2D eigenvalue weighted by Gasteiger charge is 2.42. The molecule has 3 N–H and O–H groups in total. The van der Waals surface area contributed by atoms with Crippen LogP contribution in [0.3, 0.4) is 0 Å². The van der Waals surface area contributed by atoms with Crippen molar-refractivity contribution >= 4 is 17.3 Å². The zero-order valence-corrected chi connectivity index (χ0v) is 18.0. The first-order chi connectivity index (χ1) is 16.4. The predicted octanol–water partition coefficient (Wildman–Crippen LogP) is 2.94. The van der Waals surface area contributed by atoms with Crippen molar-refractivity contribution < 1.29 is 22.7 Å². The Morgan fingerprint density at radius 3 is 2.53 bits per heavy atom. The molecule has 176 valence electrons. The molecule has 3 heterocycles. The number of nitrogens with zero attached hydrogens (tertiary/aromatic N) is 2. The number of para-hydroxylation sites is 1. The fourth-order valence-corrected chi connectivity index (χ4v) is 4.11. The van der Waals surface area contributed by atoms with Gasteiger partial charge in [-0.15, -0.1) is 0 Å². The van der Waals surface area contributed by atoms with Gasteiger partial charge in [0.15, 0.2) is 12.0 Å². The molecule has 0 spiro atoms. The third kappa shape index (κ3) is 4.17. The van der Waals surface area contributed by atoms with Gasteiger partial charge in [0.25, 0.3) is 11.8 Å². The molecular weight excluding hydrogens is 447 g/mol. The number of morpholine rings is 1. The maximum Gasteiger partial charge on any atom is 0.269 e. The fraction of sp³-hybridized carbons (Fsp3) is 0.250. The first kappa shape index (κ1) is 22.2. The van der Waals surface area contributed by atoms with E-state index in [-0.39, 0.29) is 26.3 Å². The first-order valence-corrected chi connectivity index (χ1v) is 10.8. The van der Waals surface area contributed by atoms with E-state index in [4.69, 9.17) is 4.74 Å². The third-order valence-electron chi connectivity index (χ3n) is 5.81. The van der Waals surface area contributed by atoms with Crippen molar-refractivity contribution in [2.24, 2.45) is 4.99 Å². The number of hydrogen-bond acceptors (Lipinski definition) is 6. The summed E-state index contributed by atoms with van der Waals surface area (Å²) in [5, 5.41) is 7.31. The number of nitrogens with one attached hydrogen (secondary N) is 3. The molecule has 34 heavy (non-hydrogen) atoms. The average Bonchev–Trinajstić information content (AvgIpc) is 2.99. The van der Waals surface area contributed by atoms with E-state index < -0.39 is 35.5 Å². The Labute approximate surface area is 194 Å². The highest BCUT2D eigenvalue weighted by Crippen LogP contribution is 2.31. The number of fused-ring (bicyclic) bond motifs is 1. The maximum atomic E-state index is 15.7. The van der Waals surface area contributed by atoms with Crippen LogP contribution in [-0.4, -0.2) is 54.9 Å². The lowest BCUT2D eigenvalue weighted by Gasteiger charge is -2.40. The van der Waals surface area contributed by atoms with E-state index >= 15 is 4.39 Å². The smallest absolute Gasteiger partial charge is 0.269 e. The summed E-state index contributed by atoms with van der Waals surface area (Å²) in [5.41, 5.74) is 1.89. The number of carbonyl (C=O) groups is 1. The number of aliphatic imine (C=N–C) groups is 1. The van der Waals surface area contributed by atoms with Crippen molar-refractivity contribution in [3.63, 3.8) is 0 Å². The van der Waals surface area contributed by atoms with Gasteiger partial charge < -0.3 is 20.7 Å². The minimum atomic E-state index is -2.50. The largest absolute Gasteiger partial charge is 0.379 e. The van der Waals surface area contributed by atoms with Crippen LogP contribution < -0.4 is 16.0 Å². The average molecular weight is 469 g/mol. The molecule has 1 amide bonds. The second kappa shape index (κ2) is 8.96. The monoisotopic (exact) mass is 469 g/mol. The van der Waals surface area contributed by atoms with Gasteiger partial charge in [-0.3, -0.25) is 4.79 Å². The fourth-order valence-electron chi connectivity index (χ4n) is 4.11. The first-order valence-electron chi connectivity index (χ1n) is 10.8. The molecule has 3 aliphatic rings. The molecule has 0 aromatic heterocycles. The quantitative estimate of drug-likeness (QED) is 0.601. The van der Waals surface area contributed by atoms with Gasteiger partial charge in [-0.1, -0.05) is 48.5 Å². The van der Waals surface area contributed by atoms with E-state index in [0.29, 0.717) is 17.0 Å². The highest BCUT2D eigenvalue weighted by atomic mass is 19.2. The molecule has 0 aliphatic carbocycles. The van der Waals surface area contributed by atoms with Crippen molar-refractivity contribution in [1.29, 1.82) is 0 Å². The summed E-state index contributed by atoms with van der Waals surface area (Å²) in [6.45, 7) is 0.868. The van der Waals surface area contributed by atoms with Crippen LogP contribution in [0.25, 0.3) is 0 Å². The zero-order valence-electron chi connectivity index (χ0n) is 18.0. The highest BCUT2D eigenvalue weighted by molar-refractivity contribution is 6.19. The number of rotatable bonds is 4. The van der Waals surface area contributed by atoms with Crippen molar-refractivity contribution in [1.82, 2.24) is 15.5 Å². The predicted molar refractivity (Wildman–Crippen MR) is 121 cm³/mol. The summed E-state index contributed by atoms with van der Waals surface area (Å²) in [6, 6.07) is 16.3. The zero-order chi connectivity index (χ0) is 23.7. The number of halogens is 3. The summed E-state index contributed by atoms with van der Waals surface area (Å²) < 4.78 is 50.1. The van der Waals surface area contributed by atoms with Crippen LogP contribution >= 0.6 is 0 Å². The molecule has 1 saturated heterocycles. The summed E-state index contributed by atoms with van der Waals surface area (Å²) >= 11 is 0. The molecule has 3 aliphatic heterocycles. The van der Waals surface area contributed by atoms with E-state index in [1.807, 2.05) is 41.7 Å². The molecule has 0 saturated carbocycles. The SMILES string of the molecule is O=C1Nc2ccccc2C(c2ccccc2)=N[C@@H]1NC1=CC(F)(N2CCOCC2)NC(F)=C1F. The number of alkyl halides is 1. The van der Waals surface area contributed by atoms with Gasteiger partial charge in [-0.05, 0) is 6.07 Å². The molecule has 10 heteroatoms. The van der Waals surface area contributed by atoms with Gasteiger partial charge in [0.05, 0.1) is 30.3 Å². The van der Waals surface area contributed by atoms with Crippen molar-refractivity contribution in [3.8, 4) is 0 Å². The van der Waals surface area contributed by atoms with Crippen molar-refractivity contribution in [2.45, 2.75) is 12.1 Å². The molecule has 7 nitrogen and oxygen atoms in total. The van der Waals surface area contributed by atoms with Gasteiger partial charge in [-0.25, -0.2) is 9.89 Å². The molecule has 0 radical (unpaired) electrons. The number of anilines is 1. The molecule has 1 fully saturated rings. The van der Waals surface area contributed by atoms with Crippen LogP contribution in [0.1, 0.15) is 11.1 Å². The van der Waals surface area contributed by atoms with Crippen molar-refractivity contribution in [3.05, 3.63) is 89.3 Å². The Morgan fingerprint density at radius 2 is 1.76 bits per heavy atom. The second-order valence-electron chi connectivity index (χ2n) is 8.01. The van der Waals surface area contributed by atoms with Crippen molar-refractivity contribution in [2.75, 3.05) is 31.6 Å². The normalized spacial score (nSPS) is 25.4. The Bertz CT molecular complexity index is 1190. The van der Waals surface area contributed by atoms with Gasteiger partial charge in [0, 0.05) is 30.3 Å². The summed E-state index contributed by atoms with van der Waals surface area (Å²) in [4.78, 5) is 18.8. The summed E-state index contributed by atoms with van der Waals surface area (Å²) in [7, 11) is 0. The second-order valence-corrected chi connectivity index (χ2v) is 8.01. The van der Waals surface area contributed by atoms with E-state index in [0.717, 1.165) is 11.6 Å². The molecular formula is C24H22F3N5O2. The standard InChI is InChI=1S/C24H22F3N5O2/c25-19-18(14-24(27,31-21(19)26)32-10-12-34-13-11-32)28-22-23(33)29-17-9-5-4-8-16(17)20(30-22)15-6-2-1-3-7-15/h1-9,14,22,28,31H,10-13H2,(H,29,33)/t22-,24?/m0/s1. The van der Waals surface area contributed by atoms with E-state index in [2.05, 4.69) is 15.6 Å². The maximum absolute atomic E-state index is 15.7. The lowest BCUT2D eigenvalue weighted by atomic mass is 10.0. The number of benzodiazepines with no additional fused rings is 1. The number of dihydropyridines is 1. The number of carbonyl (C=O) groups excluding carboxylic acids is 1. The molecule has 5 rings (SSSR count). The Balaban J connectivity index is 1.53. The van der Waals surface area contributed by atoms with Crippen LogP contribution in [0.5, 0.6) is 0 Å². The minimum Gasteiger partial charge on any atom is -0.379 e. The lowest BCUT2D eigenvalue weighted by Crippen LogP contribution is -2.59. The van der Waals surface area contributed by atoms with E-state index in [1.165, 1.54) is 4.90 Å². The Kier molecular flexibility index (Phi) is 5.84. The Morgan fingerprint density at radius 1 is 1.06 bits per heavy atom. The van der Waals surface area contributed by atoms with E-state index in [9.17, 15) is 13.6 Å². The van der Waals surface area contributed by atoms with Gasteiger partial charge in [0.1, 0.15) is 0 Å². The molecule has 1 unspecified atom stereocenters. The molecule has 2 aromatic rings. The van der Waals surface area contributed by atoms with Crippen LogP contribution in [0.4, 0.5) is 18.9 Å². The number of allylic oxidation sites excluding steroid dienone is 1. The number of hydrogen-bond donors (Lipinski definition) is 3. The van der Waals surface area contributed by atoms with Gasteiger partial charge in [-0.2, -0.15) is 13.2 Å². The topological polar surface area (TPSA) is 78.0 Å². The summed E-state index contributed by atoms with van der Waals surface area (Å²) in [5.74, 6) is -5.90. The van der Waals surface area contributed by atoms with E-state index in [1.54, 1.807) is 18.2 Å². The lowest BCUT2D eigenvalue weighted by molar-refractivity contribution is -0.117. The Hall–Kier alpha value is -3.63. The van der Waals surface area contributed by atoms with Gasteiger partial charge >= 0.3 is 0 Å². The van der Waals surface area contributed by atoms with Crippen LogP contribution in [0.2, 0.25) is 0 Å². The van der Waals surface area contributed by atoms with Crippen LogP contribution in [-0.2, 0) is 9.53 Å². The molecule has 2 atom stereocenters. The minimum absolute atomic E-state index is 0.178. The number of benzene rings is 2. The molecule has 2 aromatic carbocycles. The van der Waals surface area contributed by atoms with Gasteiger partial charge in [0.2, 0.25) is 5.95 Å². The van der Waals surface area contributed by atoms with Crippen LogP contribution in [0.15, 0.2) is 83.1 Å². The third-order valence-corrected chi connectivity index (χ3v) is 5.81. The molecule has 0 bridgehead atoms. The van der Waals surface area contributed by atoms with Crippen LogP contribution in [0, 0.1) is 0 Å². The number of ether oxygens (including phenoxy) is 1. The summed E-state index contributed by atoms with van der Waals surface area (Å²) in [6.07, 6.45) is -0.459.